The molecule has 1 aromatic heterocycles. The van der Waals surface area contributed by atoms with E-state index in [0.717, 1.165) is 6.42 Å². The van der Waals surface area contributed by atoms with Crippen molar-refractivity contribution in [1.82, 2.24) is 14.5 Å². The normalized spacial score (nSPS) is 13.1. The van der Waals surface area contributed by atoms with Gasteiger partial charge in [-0.3, -0.25) is 14.2 Å². The van der Waals surface area contributed by atoms with Crippen LogP contribution in [0.15, 0.2) is 29.1 Å². The van der Waals surface area contributed by atoms with Crippen LogP contribution in [0.4, 0.5) is 0 Å². The number of benzene rings is 1. The highest BCUT2D eigenvalue weighted by Gasteiger charge is 2.32. The second kappa shape index (κ2) is 6.75. The van der Waals surface area contributed by atoms with Crippen molar-refractivity contribution in [3.63, 3.8) is 0 Å². The Balaban J connectivity index is 2.56. The van der Waals surface area contributed by atoms with Gasteiger partial charge in [0, 0.05) is 19.0 Å². The van der Waals surface area contributed by atoms with Crippen LogP contribution in [0.1, 0.15) is 52.9 Å². The van der Waals surface area contributed by atoms with E-state index >= 15 is 0 Å². The molecule has 2 rings (SSSR count). The van der Waals surface area contributed by atoms with Crippen LogP contribution in [0.3, 0.4) is 0 Å². The molecular weight excluding hydrogens is 302 g/mol. The quantitative estimate of drug-likeness (QED) is 0.865. The summed E-state index contributed by atoms with van der Waals surface area (Å²) in [4.78, 5) is 32.0. The van der Waals surface area contributed by atoms with E-state index in [1.54, 1.807) is 17.7 Å². The van der Waals surface area contributed by atoms with Crippen LogP contribution < -0.4 is 5.56 Å². The number of rotatable bonds is 4. The minimum Gasteiger partial charge on any atom is -0.332 e. The van der Waals surface area contributed by atoms with E-state index in [9.17, 15) is 9.59 Å². The highest BCUT2D eigenvalue weighted by molar-refractivity contribution is 5.82. The lowest BCUT2D eigenvalue weighted by Gasteiger charge is -2.34. The first-order chi connectivity index (χ1) is 11.2. The first-order valence-electron chi connectivity index (χ1n) is 8.45. The molecule has 0 N–H and O–H groups in total. The van der Waals surface area contributed by atoms with Gasteiger partial charge in [0.15, 0.2) is 0 Å². The monoisotopic (exact) mass is 329 g/mol. The molecule has 1 heterocycles. The fraction of sp³-hybridized carbons (Fsp3) is 0.526. The van der Waals surface area contributed by atoms with E-state index in [1.807, 2.05) is 57.7 Å². The summed E-state index contributed by atoms with van der Waals surface area (Å²) in [6.45, 7) is 10.4. The zero-order chi connectivity index (χ0) is 18.1. The Bertz CT molecular complexity index is 802. The smallest absolute Gasteiger partial charge is 0.261 e. The van der Waals surface area contributed by atoms with Crippen LogP contribution >= 0.6 is 0 Å². The maximum absolute atomic E-state index is 12.8. The predicted molar refractivity (Wildman–Crippen MR) is 96.9 cm³/mol. The Kier molecular flexibility index (Phi) is 5.11. The van der Waals surface area contributed by atoms with Crippen LogP contribution in [-0.2, 0) is 11.8 Å². The Morgan fingerprint density at radius 3 is 2.50 bits per heavy atom. The van der Waals surface area contributed by atoms with Crippen LogP contribution in [-0.4, -0.2) is 26.9 Å². The molecular formula is C19H27N3O2. The lowest BCUT2D eigenvalue weighted by molar-refractivity contribution is -0.142. The average molecular weight is 329 g/mol. The van der Waals surface area contributed by atoms with Crippen LogP contribution in [0.2, 0.25) is 0 Å². The molecule has 2 aromatic rings. The van der Waals surface area contributed by atoms with E-state index < -0.39 is 5.41 Å². The van der Waals surface area contributed by atoms with Gasteiger partial charge in [0.25, 0.3) is 5.56 Å². The van der Waals surface area contributed by atoms with Gasteiger partial charge in [-0.2, -0.15) is 0 Å². The molecule has 5 nitrogen and oxygen atoms in total. The van der Waals surface area contributed by atoms with Gasteiger partial charge >= 0.3 is 0 Å². The summed E-state index contributed by atoms with van der Waals surface area (Å²) in [6.07, 6.45) is 0.855. The summed E-state index contributed by atoms with van der Waals surface area (Å²) in [6, 6.07) is 7.05. The third kappa shape index (κ3) is 3.35. The van der Waals surface area contributed by atoms with E-state index in [0.29, 0.717) is 23.3 Å². The summed E-state index contributed by atoms with van der Waals surface area (Å²) in [5, 5.41) is 0.597. The molecule has 130 valence electrons. The van der Waals surface area contributed by atoms with Crippen LogP contribution in [0.25, 0.3) is 10.9 Å². The zero-order valence-corrected chi connectivity index (χ0v) is 15.5. The average Bonchev–Trinajstić information content (AvgIpc) is 2.54. The Labute approximate surface area is 143 Å². The number of amides is 1. The molecule has 5 heteroatoms. The van der Waals surface area contributed by atoms with E-state index in [1.165, 1.54) is 0 Å². The van der Waals surface area contributed by atoms with Crippen molar-refractivity contribution >= 4 is 16.8 Å². The summed E-state index contributed by atoms with van der Waals surface area (Å²) in [7, 11) is 1.72. The summed E-state index contributed by atoms with van der Waals surface area (Å²) < 4.78 is 1.56. The molecule has 0 saturated heterocycles. The molecule has 1 aromatic carbocycles. The second-order valence-electron chi connectivity index (χ2n) is 7.28. The molecule has 0 bridgehead atoms. The fourth-order valence-corrected chi connectivity index (χ4v) is 2.89. The van der Waals surface area contributed by atoms with Crippen molar-refractivity contribution in [2.45, 2.75) is 47.1 Å². The molecule has 0 fully saturated rings. The maximum atomic E-state index is 12.8. The highest BCUT2D eigenvalue weighted by Crippen LogP contribution is 2.26. The summed E-state index contributed by atoms with van der Waals surface area (Å²) in [5.74, 6) is 0.684. The van der Waals surface area contributed by atoms with Gasteiger partial charge in [-0.15, -0.1) is 0 Å². The molecule has 24 heavy (non-hydrogen) atoms. The van der Waals surface area contributed by atoms with Crippen LogP contribution in [0.5, 0.6) is 0 Å². The number of fused-ring (bicyclic) bond motifs is 1. The van der Waals surface area contributed by atoms with Crippen LogP contribution in [0, 0.1) is 5.41 Å². The second-order valence-corrected chi connectivity index (χ2v) is 7.28. The third-order valence-electron chi connectivity index (χ3n) is 4.23. The predicted octanol–water partition coefficient (Wildman–Crippen LogP) is 3.28. The minimum absolute atomic E-state index is 0.0688. The number of carbonyl (C=O) groups is 1. The van der Waals surface area contributed by atoms with Crippen molar-refractivity contribution in [3.8, 4) is 0 Å². The molecule has 0 spiro atoms. The number of para-hydroxylation sites is 1. The molecule has 0 radical (unpaired) electrons. The number of aromatic nitrogens is 2. The molecule has 0 aliphatic heterocycles. The minimum atomic E-state index is -0.473. The van der Waals surface area contributed by atoms with Crippen molar-refractivity contribution in [1.29, 1.82) is 0 Å². The topological polar surface area (TPSA) is 55.2 Å². The van der Waals surface area contributed by atoms with Crippen molar-refractivity contribution in [2.24, 2.45) is 12.5 Å². The maximum Gasteiger partial charge on any atom is 0.261 e. The Morgan fingerprint density at radius 2 is 1.92 bits per heavy atom. The number of hydrogen-bond donors (Lipinski definition) is 0. The lowest BCUT2D eigenvalue weighted by atomic mass is 9.93. The molecule has 1 atom stereocenters. The van der Waals surface area contributed by atoms with E-state index in [2.05, 4.69) is 4.98 Å². The molecule has 1 amide bonds. The largest absolute Gasteiger partial charge is 0.332 e. The molecule has 1 unspecified atom stereocenters. The summed E-state index contributed by atoms with van der Waals surface area (Å²) >= 11 is 0. The third-order valence-corrected chi connectivity index (χ3v) is 4.23. The Morgan fingerprint density at radius 1 is 1.29 bits per heavy atom. The number of carbonyl (C=O) groups excluding carboxylic acids is 1. The van der Waals surface area contributed by atoms with Gasteiger partial charge in [0.2, 0.25) is 5.91 Å². The van der Waals surface area contributed by atoms with Gasteiger partial charge in [0.1, 0.15) is 5.82 Å². The van der Waals surface area contributed by atoms with Gasteiger partial charge in [0.05, 0.1) is 16.9 Å². The lowest BCUT2D eigenvalue weighted by Crippen LogP contribution is -2.43. The summed E-state index contributed by atoms with van der Waals surface area (Å²) in [5.41, 5.74) is 0.114. The first kappa shape index (κ1) is 18.2. The molecule has 0 aliphatic rings. The fourth-order valence-electron chi connectivity index (χ4n) is 2.89. The molecule has 0 aliphatic carbocycles. The zero-order valence-electron chi connectivity index (χ0n) is 15.5. The van der Waals surface area contributed by atoms with Crippen molar-refractivity contribution in [2.75, 3.05) is 6.54 Å². The van der Waals surface area contributed by atoms with E-state index in [4.69, 9.17) is 0 Å². The standard InChI is InChI=1S/C19H27N3O2/c1-7-12-22(18(24)19(3,4)5)13(2)16-20-15-11-9-8-10-14(15)17(23)21(16)6/h8-11,13H,7,12H2,1-6H3. The van der Waals surface area contributed by atoms with Gasteiger partial charge in [-0.1, -0.05) is 39.8 Å². The van der Waals surface area contributed by atoms with Crippen molar-refractivity contribution < 1.29 is 4.79 Å². The first-order valence-corrected chi connectivity index (χ1v) is 8.45. The van der Waals surface area contributed by atoms with Crippen molar-refractivity contribution in [3.05, 3.63) is 40.4 Å². The number of hydrogen-bond acceptors (Lipinski definition) is 3. The number of nitrogens with zero attached hydrogens (tertiary/aromatic N) is 3. The van der Waals surface area contributed by atoms with E-state index in [-0.39, 0.29) is 17.5 Å². The highest BCUT2D eigenvalue weighted by atomic mass is 16.2. The van der Waals surface area contributed by atoms with Gasteiger partial charge in [-0.25, -0.2) is 4.98 Å². The van der Waals surface area contributed by atoms with Gasteiger partial charge < -0.3 is 4.90 Å². The van der Waals surface area contributed by atoms with Gasteiger partial charge in [-0.05, 0) is 25.5 Å². The Hall–Kier alpha value is -2.17. The SMILES string of the molecule is CCCN(C(=O)C(C)(C)C)C(C)c1nc2ccccc2c(=O)n1C. The molecule has 0 saturated carbocycles.